The third kappa shape index (κ3) is 4.21. The van der Waals surface area contributed by atoms with Crippen LogP contribution in [-0.2, 0) is 0 Å². The van der Waals surface area contributed by atoms with Crippen LogP contribution in [0.2, 0.25) is 5.02 Å². The van der Waals surface area contributed by atoms with Gasteiger partial charge in [-0.3, -0.25) is 15.1 Å². The van der Waals surface area contributed by atoms with Gasteiger partial charge in [-0.25, -0.2) is 4.68 Å². The second kappa shape index (κ2) is 8.24. The van der Waals surface area contributed by atoms with Crippen molar-refractivity contribution < 1.29 is 14.4 Å². The number of furan rings is 1. The fourth-order valence-electron chi connectivity index (χ4n) is 2.28. The lowest BCUT2D eigenvalue weighted by Crippen LogP contribution is -2.12. The van der Waals surface area contributed by atoms with E-state index < -0.39 is 16.4 Å². The van der Waals surface area contributed by atoms with Crippen LogP contribution in [-0.4, -0.2) is 27.5 Å². The number of aromatic nitrogens is 1. The van der Waals surface area contributed by atoms with Crippen LogP contribution in [0.25, 0.3) is 11.5 Å². The van der Waals surface area contributed by atoms with Crippen molar-refractivity contribution in [2.24, 2.45) is 10.1 Å². The molecule has 0 radical (unpaired) electrons. The van der Waals surface area contributed by atoms with Gasteiger partial charge in [0.2, 0.25) is 10.6 Å². The molecular weight excluding hydrogens is 404 g/mol. The van der Waals surface area contributed by atoms with E-state index in [0.717, 1.165) is 11.6 Å². The van der Waals surface area contributed by atoms with E-state index in [2.05, 4.69) is 16.7 Å². The van der Waals surface area contributed by atoms with Gasteiger partial charge >= 0.3 is 5.69 Å². The summed E-state index contributed by atoms with van der Waals surface area (Å²) in [5.41, 5.74) is 1.13. The van der Waals surface area contributed by atoms with E-state index in [9.17, 15) is 15.2 Å². The van der Waals surface area contributed by atoms with Gasteiger partial charge in [0, 0.05) is 22.0 Å². The van der Waals surface area contributed by atoms with Crippen molar-refractivity contribution in [2.45, 2.75) is 6.92 Å². The third-order valence-electron chi connectivity index (χ3n) is 3.54. The molecule has 0 saturated heterocycles. The summed E-state index contributed by atoms with van der Waals surface area (Å²) < 4.78 is 6.96. The van der Waals surface area contributed by atoms with Crippen molar-refractivity contribution in [1.29, 1.82) is 0 Å². The van der Waals surface area contributed by atoms with Gasteiger partial charge in [0.15, 0.2) is 5.76 Å². The molecule has 0 aliphatic heterocycles. The number of nitro groups is 1. The lowest BCUT2D eigenvalue weighted by atomic mass is 10.2. The van der Waals surface area contributed by atoms with Crippen LogP contribution in [0.4, 0.5) is 5.69 Å². The maximum atomic E-state index is 11.1. The van der Waals surface area contributed by atoms with Crippen LogP contribution >= 0.6 is 22.9 Å². The van der Waals surface area contributed by atoms with E-state index in [4.69, 9.17) is 16.0 Å². The zero-order valence-corrected chi connectivity index (χ0v) is 16.3. The monoisotopic (exact) mass is 418 g/mol. The smallest absolute Gasteiger partial charge is 0.312 e. The van der Waals surface area contributed by atoms with Gasteiger partial charge in [-0.1, -0.05) is 23.8 Å². The van der Waals surface area contributed by atoms with E-state index in [-0.39, 0.29) is 10.6 Å². The number of nitrogens with zero attached hydrogens (tertiary/aromatic N) is 4. The number of nitro benzene ring substituents is 1. The summed E-state index contributed by atoms with van der Waals surface area (Å²) in [6.45, 7) is 6.11. The summed E-state index contributed by atoms with van der Waals surface area (Å²) in [6, 6.07) is 5.99. The first-order valence-corrected chi connectivity index (χ1v) is 9.23. The first kappa shape index (κ1) is 19.6. The highest BCUT2D eigenvalue weighted by Gasteiger charge is 2.18. The Balaban J connectivity index is 2.11. The minimum atomic E-state index is -0.710. The second-order valence-electron chi connectivity index (χ2n) is 5.83. The summed E-state index contributed by atoms with van der Waals surface area (Å²) in [6.07, 6.45) is 2.82. The number of hydrogen-bond acceptors (Lipinski definition) is 7. The summed E-state index contributed by atoms with van der Waals surface area (Å²) in [5.74, 6) is 0.0559. The van der Waals surface area contributed by atoms with Crippen molar-refractivity contribution in [1.82, 2.24) is 4.68 Å². The standard InChI is InChI=1S/C18H15ClN4O4S/c1-11(2)8-20-18-22(15(10-28-18)16-4-3-5-27-16)21-9-12-6-13(19)7-14(17(12)24)23(25)26/h3-7,9-10,24H,1,8H2,2H3/b20-18?,21-9+. The molecule has 144 valence electrons. The number of halogens is 1. The van der Waals surface area contributed by atoms with Crippen molar-refractivity contribution in [2.75, 3.05) is 6.54 Å². The van der Waals surface area contributed by atoms with Gasteiger partial charge in [-0.05, 0) is 25.1 Å². The van der Waals surface area contributed by atoms with E-state index in [1.165, 1.54) is 34.6 Å². The quantitative estimate of drug-likeness (QED) is 0.276. The predicted molar refractivity (Wildman–Crippen MR) is 108 cm³/mol. The number of thiazole rings is 1. The Kier molecular flexibility index (Phi) is 5.76. The van der Waals surface area contributed by atoms with Gasteiger partial charge in [-0.2, -0.15) is 5.10 Å². The molecule has 1 aromatic carbocycles. The summed E-state index contributed by atoms with van der Waals surface area (Å²) >= 11 is 7.28. The van der Waals surface area contributed by atoms with E-state index >= 15 is 0 Å². The predicted octanol–water partition coefficient (Wildman–Crippen LogP) is 4.44. The van der Waals surface area contributed by atoms with Gasteiger partial charge in [0.25, 0.3) is 0 Å². The van der Waals surface area contributed by atoms with Crippen LogP contribution in [0.1, 0.15) is 12.5 Å². The molecule has 0 spiro atoms. The zero-order valence-electron chi connectivity index (χ0n) is 14.7. The average molecular weight is 419 g/mol. The average Bonchev–Trinajstić information content (AvgIpc) is 3.29. The molecule has 28 heavy (non-hydrogen) atoms. The molecule has 2 heterocycles. The summed E-state index contributed by atoms with van der Waals surface area (Å²) in [7, 11) is 0. The Morgan fingerprint density at radius 1 is 1.54 bits per heavy atom. The van der Waals surface area contributed by atoms with Crippen molar-refractivity contribution in [3.8, 4) is 17.2 Å². The van der Waals surface area contributed by atoms with E-state index in [0.29, 0.717) is 22.8 Å². The number of benzene rings is 1. The van der Waals surface area contributed by atoms with Gasteiger partial charge < -0.3 is 9.52 Å². The summed E-state index contributed by atoms with van der Waals surface area (Å²) in [5, 5.41) is 27.5. The maximum Gasteiger partial charge on any atom is 0.312 e. The summed E-state index contributed by atoms with van der Waals surface area (Å²) in [4.78, 5) is 15.4. The number of phenolic OH excluding ortho intramolecular Hbond substituents is 1. The topological polar surface area (TPSA) is 106 Å². The molecule has 0 fully saturated rings. The highest BCUT2D eigenvalue weighted by molar-refractivity contribution is 7.07. The van der Waals surface area contributed by atoms with Crippen LogP contribution in [0.3, 0.4) is 0 Å². The number of rotatable bonds is 6. The van der Waals surface area contributed by atoms with Crippen LogP contribution < -0.4 is 4.80 Å². The fraction of sp³-hybridized carbons (Fsp3) is 0.111. The molecule has 0 bridgehead atoms. The zero-order chi connectivity index (χ0) is 20.3. The van der Waals surface area contributed by atoms with Gasteiger partial charge in [0.1, 0.15) is 5.69 Å². The van der Waals surface area contributed by atoms with Crippen molar-refractivity contribution in [3.05, 3.63) is 73.6 Å². The van der Waals surface area contributed by atoms with Crippen molar-refractivity contribution >= 4 is 34.8 Å². The molecule has 0 saturated carbocycles. The molecule has 0 amide bonds. The fourth-order valence-corrected chi connectivity index (χ4v) is 3.32. The molecule has 1 N–H and O–H groups in total. The molecule has 0 atom stereocenters. The molecule has 8 nitrogen and oxygen atoms in total. The van der Waals surface area contributed by atoms with Crippen molar-refractivity contribution in [3.63, 3.8) is 0 Å². The number of hydrogen-bond donors (Lipinski definition) is 1. The molecule has 2 aromatic heterocycles. The van der Waals surface area contributed by atoms with E-state index in [1.54, 1.807) is 12.1 Å². The van der Waals surface area contributed by atoms with Crippen LogP contribution in [0, 0.1) is 10.1 Å². The Morgan fingerprint density at radius 2 is 2.32 bits per heavy atom. The molecule has 3 aromatic rings. The highest BCUT2D eigenvalue weighted by Crippen LogP contribution is 2.32. The molecule has 3 rings (SSSR count). The SMILES string of the molecule is C=C(C)CN=c1scc(-c2ccco2)n1/N=C/c1cc(Cl)cc([N+](=O)[O-])c1O. The highest BCUT2D eigenvalue weighted by atomic mass is 35.5. The lowest BCUT2D eigenvalue weighted by Gasteiger charge is -2.03. The molecule has 10 heteroatoms. The van der Waals surface area contributed by atoms with E-state index in [1.807, 2.05) is 12.3 Å². The van der Waals surface area contributed by atoms with Gasteiger partial charge in [0.05, 0.1) is 23.9 Å². The number of aromatic hydroxyl groups is 1. The molecular formula is C18H15ClN4O4S. The normalized spacial score (nSPS) is 12.0. The molecule has 0 unspecified atom stereocenters. The Bertz CT molecular complexity index is 1130. The number of phenols is 1. The lowest BCUT2D eigenvalue weighted by molar-refractivity contribution is -0.385. The third-order valence-corrected chi connectivity index (χ3v) is 4.61. The van der Waals surface area contributed by atoms with Gasteiger partial charge in [-0.15, -0.1) is 11.3 Å². The Morgan fingerprint density at radius 3 is 2.96 bits per heavy atom. The van der Waals surface area contributed by atoms with Crippen LogP contribution in [0.5, 0.6) is 5.75 Å². The first-order valence-electron chi connectivity index (χ1n) is 7.97. The molecule has 0 aliphatic carbocycles. The first-order chi connectivity index (χ1) is 13.4. The largest absolute Gasteiger partial charge is 0.502 e. The molecule has 0 aliphatic rings. The Hall–Kier alpha value is -3.17. The maximum absolute atomic E-state index is 11.1. The Labute approximate surface area is 168 Å². The second-order valence-corrected chi connectivity index (χ2v) is 7.10. The minimum Gasteiger partial charge on any atom is -0.502 e. The minimum absolute atomic E-state index is 0.106. The van der Waals surface area contributed by atoms with Crippen LogP contribution in [0.15, 0.2) is 62.6 Å².